The molecule has 0 spiro atoms. The summed E-state index contributed by atoms with van der Waals surface area (Å²) in [5.74, 6) is 0.0429. The molecule has 1 rings (SSSR count). The van der Waals surface area contributed by atoms with Gasteiger partial charge in [-0.1, -0.05) is 0 Å². The molecule has 0 saturated heterocycles. The molecular formula is C12H22N2O2. The Labute approximate surface area is 97.4 Å². The second-order valence-corrected chi connectivity index (χ2v) is 4.50. The summed E-state index contributed by atoms with van der Waals surface area (Å²) in [4.78, 5) is 11.6. The van der Waals surface area contributed by atoms with E-state index in [4.69, 9.17) is 4.74 Å². The fraction of sp³-hybridized carbons (Fsp3) is 0.750. The Morgan fingerprint density at radius 1 is 1.50 bits per heavy atom. The number of carbonyl (C=O) groups is 1. The van der Waals surface area contributed by atoms with Crippen molar-refractivity contribution in [2.75, 3.05) is 6.54 Å². The van der Waals surface area contributed by atoms with E-state index in [-0.39, 0.29) is 24.1 Å². The van der Waals surface area contributed by atoms with E-state index in [9.17, 15) is 4.79 Å². The van der Waals surface area contributed by atoms with E-state index in [1.165, 1.54) is 0 Å². The molecule has 0 aromatic carbocycles. The van der Waals surface area contributed by atoms with Crippen LogP contribution >= 0.6 is 0 Å². The molecule has 1 amide bonds. The molecule has 1 heterocycles. The average Bonchev–Trinajstić information content (AvgIpc) is 2.26. The maximum atomic E-state index is 11.6. The monoisotopic (exact) mass is 226 g/mol. The van der Waals surface area contributed by atoms with Gasteiger partial charge in [-0.05, 0) is 39.7 Å². The van der Waals surface area contributed by atoms with Crippen LogP contribution in [-0.4, -0.2) is 30.6 Å². The Bertz CT molecular complexity index is 251. The van der Waals surface area contributed by atoms with Gasteiger partial charge in [0.25, 0.3) is 0 Å². The Kier molecular flexibility index (Phi) is 5.32. The van der Waals surface area contributed by atoms with Crippen molar-refractivity contribution in [2.45, 2.75) is 51.8 Å². The van der Waals surface area contributed by atoms with Gasteiger partial charge in [-0.2, -0.15) is 0 Å². The molecule has 0 bridgehead atoms. The Morgan fingerprint density at radius 3 is 2.81 bits per heavy atom. The van der Waals surface area contributed by atoms with E-state index >= 15 is 0 Å². The summed E-state index contributed by atoms with van der Waals surface area (Å²) in [6, 6.07) is 0.0162. The summed E-state index contributed by atoms with van der Waals surface area (Å²) in [5.41, 5.74) is 0. The second-order valence-electron chi connectivity index (χ2n) is 4.50. The van der Waals surface area contributed by atoms with Crippen molar-refractivity contribution in [1.29, 1.82) is 0 Å². The van der Waals surface area contributed by atoms with Crippen LogP contribution in [0.3, 0.4) is 0 Å². The van der Waals surface area contributed by atoms with Crippen LogP contribution in [0.1, 0.15) is 33.6 Å². The molecule has 0 aromatic heterocycles. The zero-order chi connectivity index (χ0) is 12.0. The molecule has 0 aliphatic carbocycles. The minimum Gasteiger partial charge on any atom is -0.497 e. The fourth-order valence-electron chi connectivity index (χ4n) is 1.55. The number of nitrogens with one attached hydrogen (secondary N) is 2. The van der Waals surface area contributed by atoms with Gasteiger partial charge in [0.05, 0.1) is 12.3 Å². The van der Waals surface area contributed by atoms with Crippen molar-refractivity contribution >= 4 is 5.91 Å². The Hall–Kier alpha value is -1.03. The van der Waals surface area contributed by atoms with E-state index in [0.29, 0.717) is 0 Å². The van der Waals surface area contributed by atoms with Crippen LogP contribution in [0.25, 0.3) is 0 Å². The highest BCUT2D eigenvalue weighted by Gasteiger charge is 2.16. The highest BCUT2D eigenvalue weighted by atomic mass is 16.5. The third-order valence-corrected chi connectivity index (χ3v) is 2.50. The highest BCUT2D eigenvalue weighted by Crippen LogP contribution is 2.09. The van der Waals surface area contributed by atoms with Crippen molar-refractivity contribution < 1.29 is 9.53 Å². The summed E-state index contributed by atoms with van der Waals surface area (Å²) < 4.78 is 5.41. The van der Waals surface area contributed by atoms with Crippen LogP contribution in [0.2, 0.25) is 0 Å². The summed E-state index contributed by atoms with van der Waals surface area (Å²) in [6.07, 6.45) is 6.03. The van der Waals surface area contributed by atoms with Crippen LogP contribution in [0, 0.1) is 0 Å². The van der Waals surface area contributed by atoms with Crippen LogP contribution < -0.4 is 10.6 Å². The molecule has 16 heavy (non-hydrogen) atoms. The summed E-state index contributed by atoms with van der Waals surface area (Å²) >= 11 is 0. The van der Waals surface area contributed by atoms with Crippen molar-refractivity contribution in [1.82, 2.24) is 10.6 Å². The largest absolute Gasteiger partial charge is 0.497 e. The zero-order valence-corrected chi connectivity index (χ0v) is 10.3. The van der Waals surface area contributed by atoms with Gasteiger partial charge in [0.1, 0.15) is 6.10 Å². The van der Waals surface area contributed by atoms with Gasteiger partial charge in [0, 0.05) is 12.6 Å². The predicted molar refractivity (Wildman–Crippen MR) is 64.0 cm³/mol. The number of rotatable bonds is 5. The molecule has 2 N–H and O–H groups in total. The van der Waals surface area contributed by atoms with Crippen molar-refractivity contribution in [2.24, 2.45) is 0 Å². The molecule has 1 aliphatic heterocycles. The van der Waals surface area contributed by atoms with Crippen molar-refractivity contribution in [3.05, 3.63) is 12.3 Å². The van der Waals surface area contributed by atoms with Crippen LogP contribution in [0.15, 0.2) is 12.3 Å². The van der Waals surface area contributed by atoms with Gasteiger partial charge in [-0.15, -0.1) is 0 Å². The van der Waals surface area contributed by atoms with Crippen LogP contribution in [0.4, 0.5) is 0 Å². The highest BCUT2D eigenvalue weighted by molar-refractivity contribution is 5.81. The maximum Gasteiger partial charge on any atom is 0.237 e. The Morgan fingerprint density at radius 2 is 2.25 bits per heavy atom. The minimum absolute atomic E-state index is 0.0429. The van der Waals surface area contributed by atoms with Gasteiger partial charge in [-0.25, -0.2) is 0 Å². The molecule has 4 nitrogen and oxygen atoms in total. The van der Waals surface area contributed by atoms with Crippen molar-refractivity contribution in [3.63, 3.8) is 0 Å². The maximum absolute atomic E-state index is 11.6. The number of ether oxygens (including phenoxy) is 1. The molecule has 92 valence electrons. The first-order valence-corrected chi connectivity index (χ1v) is 5.94. The lowest BCUT2D eigenvalue weighted by Crippen LogP contribution is -2.46. The van der Waals surface area contributed by atoms with Gasteiger partial charge in [0.15, 0.2) is 0 Å². The molecule has 0 radical (unpaired) electrons. The number of allylic oxidation sites excluding steroid dienone is 1. The first-order chi connectivity index (χ1) is 7.59. The third-order valence-electron chi connectivity index (χ3n) is 2.50. The smallest absolute Gasteiger partial charge is 0.237 e. The van der Waals surface area contributed by atoms with E-state index in [1.807, 2.05) is 26.8 Å². The van der Waals surface area contributed by atoms with E-state index in [0.717, 1.165) is 19.4 Å². The SMILES string of the molecule is CC(C)NC(=O)C(C)NCC1CCC=CO1. The minimum atomic E-state index is -0.170. The molecule has 0 saturated carbocycles. The molecule has 0 aromatic rings. The standard InChI is InChI=1S/C12H22N2O2/c1-9(2)14-12(15)10(3)13-8-11-6-4-5-7-16-11/h5,7,9-11,13H,4,6,8H2,1-3H3,(H,14,15). The molecule has 0 fully saturated rings. The number of hydrogen-bond acceptors (Lipinski definition) is 3. The molecule has 4 heteroatoms. The predicted octanol–water partition coefficient (Wildman–Crippen LogP) is 1.18. The third kappa shape index (κ3) is 4.66. The topological polar surface area (TPSA) is 50.4 Å². The summed E-state index contributed by atoms with van der Waals surface area (Å²) in [7, 11) is 0. The molecular weight excluding hydrogens is 204 g/mol. The normalized spacial score (nSPS) is 21.6. The second kappa shape index (κ2) is 6.53. The summed E-state index contributed by atoms with van der Waals surface area (Å²) in [6.45, 7) is 6.51. The van der Waals surface area contributed by atoms with Gasteiger partial charge < -0.3 is 15.4 Å². The lowest BCUT2D eigenvalue weighted by atomic mass is 10.1. The van der Waals surface area contributed by atoms with Crippen LogP contribution in [0.5, 0.6) is 0 Å². The first kappa shape index (κ1) is 13.0. The molecule has 1 aliphatic rings. The van der Waals surface area contributed by atoms with E-state index in [2.05, 4.69) is 10.6 Å². The van der Waals surface area contributed by atoms with Crippen LogP contribution in [-0.2, 0) is 9.53 Å². The number of hydrogen-bond donors (Lipinski definition) is 2. The van der Waals surface area contributed by atoms with Gasteiger partial charge in [-0.3, -0.25) is 4.79 Å². The fourth-order valence-corrected chi connectivity index (χ4v) is 1.55. The average molecular weight is 226 g/mol. The zero-order valence-electron chi connectivity index (χ0n) is 10.3. The number of carbonyl (C=O) groups excluding carboxylic acids is 1. The first-order valence-electron chi connectivity index (χ1n) is 5.94. The molecule has 2 unspecified atom stereocenters. The summed E-state index contributed by atoms with van der Waals surface area (Å²) in [5, 5.41) is 6.06. The molecule has 2 atom stereocenters. The van der Waals surface area contributed by atoms with E-state index in [1.54, 1.807) is 6.26 Å². The number of amides is 1. The van der Waals surface area contributed by atoms with Gasteiger partial charge >= 0.3 is 0 Å². The quantitative estimate of drug-likeness (QED) is 0.740. The van der Waals surface area contributed by atoms with E-state index < -0.39 is 0 Å². The lowest BCUT2D eigenvalue weighted by Gasteiger charge is -2.22. The Balaban J connectivity index is 2.20. The van der Waals surface area contributed by atoms with Gasteiger partial charge in [0.2, 0.25) is 5.91 Å². The lowest BCUT2D eigenvalue weighted by molar-refractivity contribution is -0.123. The van der Waals surface area contributed by atoms with Crippen molar-refractivity contribution in [3.8, 4) is 0 Å².